The van der Waals surface area contributed by atoms with E-state index in [1.165, 1.54) is 45.1 Å². The molecule has 1 aliphatic rings. The molecule has 1 heterocycles. The summed E-state index contributed by atoms with van der Waals surface area (Å²) in [5.41, 5.74) is 0.403. The number of nitrogens with one attached hydrogen (secondary N) is 1. The Morgan fingerprint density at radius 1 is 1.29 bits per heavy atom. The summed E-state index contributed by atoms with van der Waals surface area (Å²) in [5.74, 6) is 0. The highest BCUT2D eigenvalue weighted by Gasteiger charge is 2.33. The molecule has 1 aromatic heterocycles. The second-order valence-electron chi connectivity index (χ2n) is 5.41. The maximum absolute atomic E-state index is 3.76. The van der Waals surface area contributed by atoms with Crippen LogP contribution in [0.1, 0.15) is 57.2 Å². The van der Waals surface area contributed by atoms with Crippen LogP contribution in [0, 0.1) is 0 Å². The van der Waals surface area contributed by atoms with Crippen LogP contribution in [0.3, 0.4) is 0 Å². The molecule has 0 bridgehead atoms. The molecule has 0 aliphatic heterocycles. The molecule has 1 nitrogen and oxygen atoms in total. The van der Waals surface area contributed by atoms with Crippen LogP contribution in [0.2, 0.25) is 0 Å². The predicted molar refractivity (Wildman–Crippen MR) is 76.8 cm³/mol. The molecule has 1 N–H and O–H groups in total. The van der Waals surface area contributed by atoms with Crippen LogP contribution in [0.4, 0.5) is 0 Å². The molecule has 0 amide bonds. The molecule has 1 aliphatic carbocycles. The minimum absolute atomic E-state index is 0.403. The molecule has 0 aromatic carbocycles. The summed E-state index contributed by atoms with van der Waals surface area (Å²) in [5, 5.41) is 5.99. The highest BCUT2D eigenvalue weighted by atomic mass is 32.1. The first-order valence-corrected chi connectivity index (χ1v) is 7.96. The average molecular weight is 251 g/mol. The first kappa shape index (κ1) is 13.1. The standard InChI is InChI=1S/C15H25NS/c1-3-9-15(10-4-2,12-16-13-7-8-13)14-6-5-11-17-14/h5-6,11,13,16H,3-4,7-10,12H2,1-2H3. The zero-order valence-electron chi connectivity index (χ0n) is 11.2. The minimum Gasteiger partial charge on any atom is -0.313 e. The van der Waals surface area contributed by atoms with Gasteiger partial charge in [0, 0.05) is 22.9 Å². The van der Waals surface area contributed by atoms with Gasteiger partial charge in [-0.05, 0) is 37.1 Å². The lowest BCUT2D eigenvalue weighted by Crippen LogP contribution is -2.38. The van der Waals surface area contributed by atoms with Gasteiger partial charge in [-0.1, -0.05) is 32.8 Å². The van der Waals surface area contributed by atoms with Crippen LogP contribution >= 0.6 is 11.3 Å². The third kappa shape index (κ3) is 3.32. The zero-order valence-corrected chi connectivity index (χ0v) is 12.0. The Morgan fingerprint density at radius 2 is 2.00 bits per heavy atom. The average Bonchev–Trinajstić information content (AvgIpc) is 2.98. The van der Waals surface area contributed by atoms with Crippen LogP contribution in [-0.4, -0.2) is 12.6 Å². The third-order valence-electron chi connectivity index (χ3n) is 3.81. The van der Waals surface area contributed by atoms with Gasteiger partial charge in [-0.2, -0.15) is 0 Å². The van der Waals surface area contributed by atoms with E-state index in [0.29, 0.717) is 5.41 Å². The maximum Gasteiger partial charge on any atom is 0.0171 e. The molecule has 0 unspecified atom stereocenters. The van der Waals surface area contributed by atoms with Crippen molar-refractivity contribution in [1.29, 1.82) is 0 Å². The van der Waals surface area contributed by atoms with Gasteiger partial charge < -0.3 is 5.32 Å². The van der Waals surface area contributed by atoms with Gasteiger partial charge in [0.2, 0.25) is 0 Å². The van der Waals surface area contributed by atoms with Crippen LogP contribution in [-0.2, 0) is 5.41 Å². The SMILES string of the molecule is CCCC(CCC)(CNC1CC1)c1cccs1. The maximum atomic E-state index is 3.76. The van der Waals surface area contributed by atoms with Crippen molar-refractivity contribution < 1.29 is 0 Å². The molecule has 96 valence electrons. The fourth-order valence-corrected chi connectivity index (χ4v) is 3.79. The normalized spacial score (nSPS) is 16.4. The van der Waals surface area contributed by atoms with E-state index >= 15 is 0 Å². The third-order valence-corrected chi connectivity index (χ3v) is 4.92. The summed E-state index contributed by atoms with van der Waals surface area (Å²) >= 11 is 1.94. The Morgan fingerprint density at radius 3 is 2.47 bits per heavy atom. The van der Waals surface area contributed by atoms with Crippen molar-refractivity contribution in [3.8, 4) is 0 Å². The van der Waals surface area contributed by atoms with Gasteiger partial charge >= 0.3 is 0 Å². The van der Waals surface area contributed by atoms with Crippen LogP contribution in [0.15, 0.2) is 17.5 Å². The summed E-state index contributed by atoms with van der Waals surface area (Å²) in [7, 11) is 0. The number of rotatable bonds is 8. The van der Waals surface area contributed by atoms with Crippen molar-refractivity contribution >= 4 is 11.3 Å². The van der Waals surface area contributed by atoms with Gasteiger partial charge in [-0.3, -0.25) is 0 Å². The molecular weight excluding hydrogens is 226 g/mol. The van der Waals surface area contributed by atoms with Gasteiger partial charge in [0.05, 0.1) is 0 Å². The highest BCUT2D eigenvalue weighted by molar-refractivity contribution is 7.10. The van der Waals surface area contributed by atoms with Crippen LogP contribution in [0.5, 0.6) is 0 Å². The van der Waals surface area contributed by atoms with Gasteiger partial charge in [-0.15, -0.1) is 11.3 Å². The molecule has 1 fully saturated rings. The van der Waals surface area contributed by atoms with E-state index in [1.807, 2.05) is 11.3 Å². The van der Waals surface area contributed by atoms with E-state index in [2.05, 4.69) is 36.7 Å². The van der Waals surface area contributed by atoms with Crippen molar-refractivity contribution in [3.05, 3.63) is 22.4 Å². The Labute approximate surface area is 110 Å². The lowest BCUT2D eigenvalue weighted by molar-refractivity contribution is 0.340. The van der Waals surface area contributed by atoms with Gasteiger partial charge in [0.1, 0.15) is 0 Å². The van der Waals surface area contributed by atoms with Crippen molar-refractivity contribution in [2.24, 2.45) is 0 Å². The van der Waals surface area contributed by atoms with E-state index < -0.39 is 0 Å². The van der Waals surface area contributed by atoms with Crippen molar-refractivity contribution in [2.45, 2.75) is 63.8 Å². The Balaban J connectivity index is 2.10. The molecule has 0 atom stereocenters. The zero-order chi connectivity index (χ0) is 12.1. The van der Waals surface area contributed by atoms with Gasteiger partial charge in [0.25, 0.3) is 0 Å². The Bertz CT molecular complexity index is 308. The van der Waals surface area contributed by atoms with E-state index in [1.54, 1.807) is 4.88 Å². The lowest BCUT2D eigenvalue weighted by Gasteiger charge is -2.33. The summed E-state index contributed by atoms with van der Waals surface area (Å²) < 4.78 is 0. The molecule has 0 spiro atoms. The highest BCUT2D eigenvalue weighted by Crippen LogP contribution is 2.37. The number of hydrogen-bond acceptors (Lipinski definition) is 2. The summed E-state index contributed by atoms with van der Waals surface area (Å²) in [6.07, 6.45) is 7.98. The van der Waals surface area contributed by atoms with Crippen LogP contribution < -0.4 is 5.32 Å². The molecule has 2 rings (SSSR count). The minimum atomic E-state index is 0.403. The molecule has 1 aromatic rings. The first-order valence-electron chi connectivity index (χ1n) is 7.08. The first-order chi connectivity index (χ1) is 8.30. The quantitative estimate of drug-likeness (QED) is 0.725. The monoisotopic (exact) mass is 251 g/mol. The Kier molecular flexibility index (Phi) is 4.63. The van der Waals surface area contributed by atoms with Crippen LogP contribution in [0.25, 0.3) is 0 Å². The summed E-state index contributed by atoms with van der Waals surface area (Å²) in [4.78, 5) is 1.59. The summed E-state index contributed by atoms with van der Waals surface area (Å²) in [6.45, 7) is 5.81. The number of hydrogen-bond donors (Lipinski definition) is 1. The van der Waals surface area contributed by atoms with Crippen molar-refractivity contribution in [1.82, 2.24) is 5.32 Å². The predicted octanol–water partition coefficient (Wildman–Crippen LogP) is 4.34. The Hall–Kier alpha value is -0.340. The smallest absolute Gasteiger partial charge is 0.0171 e. The van der Waals surface area contributed by atoms with E-state index in [0.717, 1.165) is 6.04 Å². The van der Waals surface area contributed by atoms with Gasteiger partial charge in [0.15, 0.2) is 0 Å². The largest absolute Gasteiger partial charge is 0.313 e. The topological polar surface area (TPSA) is 12.0 Å². The molecule has 0 saturated heterocycles. The van der Waals surface area contributed by atoms with E-state index in [4.69, 9.17) is 0 Å². The summed E-state index contributed by atoms with van der Waals surface area (Å²) in [6, 6.07) is 5.37. The van der Waals surface area contributed by atoms with Crippen molar-refractivity contribution in [3.63, 3.8) is 0 Å². The number of thiophene rings is 1. The second-order valence-corrected chi connectivity index (χ2v) is 6.36. The lowest BCUT2D eigenvalue weighted by atomic mass is 9.77. The van der Waals surface area contributed by atoms with E-state index in [9.17, 15) is 0 Å². The molecular formula is C15H25NS. The van der Waals surface area contributed by atoms with Gasteiger partial charge in [-0.25, -0.2) is 0 Å². The molecule has 0 radical (unpaired) electrons. The fourth-order valence-electron chi connectivity index (χ4n) is 2.80. The van der Waals surface area contributed by atoms with E-state index in [-0.39, 0.29) is 0 Å². The molecule has 1 saturated carbocycles. The fraction of sp³-hybridized carbons (Fsp3) is 0.733. The van der Waals surface area contributed by atoms with Crippen molar-refractivity contribution in [2.75, 3.05) is 6.54 Å². The second kappa shape index (κ2) is 6.01. The molecule has 17 heavy (non-hydrogen) atoms. The molecule has 2 heteroatoms.